The van der Waals surface area contributed by atoms with Crippen LogP contribution in [-0.4, -0.2) is 23.8 Å². The van der Waals surface area contributed by atoms with E-state index in [1.165, 1.54) is 0 Å². The molecule has 1 spiro atoms. The van der Waals surface area contributed by atoms with E-state index in [9.17, 15) is 4.79 Å². The molecule has 0 aromatic carbocycles. The fraction of sp³-hybridized carbons (Fsp3) is 0.400. The fourth-order valence-electron chi connectivity index (χ4n) is 1.54. The first-order valence-electron chi connectivity index (χ1n) is 4.33. The number of allylic oxidation sites excluding steroid dienone is 2. The summed E-state index contributed by atoms with van der Waals surface area (Å²) in [7, 11) is 0. The van der Waals surface area contributed by atoms with E-state index in [1.807, 2.05) is 19.1 Å². The first kappa shape index (κ1) is 8.23. The molecule has 0 aromatic heterocycles. The highest BCUT2D eigenvalue weighted by Crippen LogP contribution is 2.26. The van der Waals surface area contributed by atoms with Crippen molar-refractivity contribution in [1.29, 1.82) is 0 Å². The van der Waals surface area contributed by atoms with Crippen LogP contribution < -0.4 is 0 Å². The molecule has 0 atom stereocenters. The molecule has 0 saturated heterocycles. The highest BCUT2D eigenvalue weighted by molar-refractivity contribution is 6.00. The number of hydrogen-bond acceptors (Lipinski definition) is 3. The molecular formula is C10H11NO2. The minimum Gasteiger partial charge on any atom is -0.466 e. The lowest BCUT2D eigenvalue weighted by atomic mass is 9.93. The van der Waals surface area contributed by atoms with Crippen molar-refractivity contribution >= 4 is 11.7 Å². The number of rotatable bonds is 0. The van der Waals surface area contributed by atoms with Crippen LogP contribution in [0.2, 0.25) is 0 Å². The van der Waals surface area contributed by atoms with Crippen LogP contribution in [0.4, 0.5) is 0 Å². The van der Waals surface area contributed by atoms with Crippen molar-refractivity contribution in [3.63, 3.8) is 0 Å². The summed E-state index contributed by atoms with van der Waals surface area (Å²) < 4.78 is 5.59. The van der Waals surface area contributed by atoms with Gasteiger partial charge in [-0.3, -0.25) is 9.79 Å². The van der Waals surface area contributed by atoms with Crippen LogP contribution in [0.3, 0.4) is 0 Å². The van der Waals surface area contributed by atoms with Crippen molar-refractivity contribution < 1.29 is 9.53 Å². The zero-order chi connectivity index (χ0) is 9.31. The standard InChI is InChI=1S/C10H11NO2/c1-8-11-7-6-10(13-8)4-2-9(12)3-5-10/h2-5H,6-7H2,1H3. The van der Waals surface area contributed by atoms with E-state index in [2.05, 4.69) is 4.99 Å². The zero-order valence-electron chi connectivity index (χ0n) is 7.49. The van der Waals surface area contributed by atoms with Crippen LogP contribution in [0.5, 0.6) is 0 Å². The van der Waals surface area contributed by atoms with Crippen molar-refractivity contribution in [2.45, 2.75) is 18.9 Å². The Morgan fingerprint density at radius 3 is 2.77 bits per heavy atom. The largest absolute Gasteiger partial charge is 0.466 e. The molecule has 0 unspecified atom stereocenters. The van der Waals surface area contributed by atoms with Crippen LogP contribution in [0.25, 0.3) is 0 Å². The molecule has 1 aliphatic carbocycles. The van der Waals surface area contributed by atoms with Gasteiger partial charge in [0.2, 0.25) is 0 Å². The molecule has 3 nitrogen and oxygen atoms in total. The summed E-state index contributed by atoms with van der Waals surface area (Å²) in [6.45, 7) is 2.59. The average Bonchev–Trinajstić information content (AvgIpc) is 2.11. The minimum absolute atomic E-state index is 0.0226. The highest BCUT2D eigenvalue weighted by Gasteiger charge is 2.31. The van der Waals surface area contributed by atoms with Crippen LogP contribution in [0.1, 0.15) is 13.3 Å². The van der Waals surface area contributed by atoms with E-state index in [1.54, 1.807) is 12.2 Å². The monoisotopic (exact) mass is 177 g/mol. The second kappa shape index (κ2) is 2.83. The summed E-state index contributed by atoms with van der Waals surface area (Å²) >= 11 is 0. The summed E-state index contributed by atoms with van der Waals surface area (Å²) in [6.07, 6.45) is 7.54. The van der Waals surface area contributed by atoms with Gasteiger partial charge in [0.1, 0.15) is 5.60 Å². The molecule has 0 saturated carbocycles. The van der Waals surface area contributed by atoms with E-state index in [0.717, 1.165) is 13.0 Å². The Hall–Kier alpha value is -1.38. The van der Waals surface area contributed by atoms with Crippen LogP contribution >= 0.6 is 0 Å². The third kappa shape index (κ3) is 1.54. The molecule has 0 aromatic rings. The van der Waals surface area contributed by atoms with Crippen LogP contribution in [-0.2, 0) is 9.53 Å². The normalized spacial score (nSPS) is 24.4. The van der Waals surface area contributed by atoms with Gasteiger partial charge in [0.25, 0.3) is 0 Å². The van der Waals surface area contributed by atoms with Crippen molar-refractivity contribution in [2.24, 2.45) is 4.99 Å². The highest BCUT2D eigenvalue weighted by atomic mass is 16.5. The first-order chi connectivity index (χ1) is 6.20. The SMILES string of the molecule is CC1=NCCC2(C=CC(=O)C=C2)O1. The first-order valence-corrected chi connectivity index (χ1v) is 4.33. The Kier molecular flexibility index (Phi) is 1.79. The van der Waals surface area contributed by atoms with Gasteiger partial charge < -0.3 is 4.74 Å². The van der Waals surface area contributed by atoms with Gasteiger partial charge in [-0.2, -0.15) is 0 Å². The Morgan fingerprint density at radius 2 is 2.15 bits per heavy atom. The molecule has 3 heteroatoms. The van der Waals surface area contributed by atoms with Gasteiger partial charge >= 0.3 is 0 Å². The van der Waals surface area contributed by atoms with Crippen molar-refractivity contribution in [3.05, 3.63) is 24.3 Å². The summed E-state index contributed by atoms with van der Waals surface area (Å²) in [5, 5.41) is 0. The van der Waals surface area contributed by atoms with Gasteiger partial charge in [-0.05, 0) is 24.3 Å². The molecule has 68 valence electrons. The van der Waals surface area contributed by atoms with Gasteiger partial charge in [-0.25, -0.2) is 0 Å². The number of carbonyl (C=O) groups excluding carboxylic acids is 1. The van der Waals surface area contributed by atoms with Crippen LogP contribution in [0.15, 0.2) is 29.3 Å². The van der Waals surface area contributed by atoms with Gasteiger partial charge in [0, 0.05) is 19.9 Å². The number of carbonyl (C=O) groups is 1. The molecule has 2 rings (SSSR count). The Morgan fingerprint density at radius 1 is 1.46 bits per heavy atom. The summed E-state index contributed by atoms with van der Waals surface area (Å²) in [4.78, 5) is 15.1. The second-order valence-electron chi connectivity index (χ2n) is 3.28. The molecule has 1 aliphatic heterocycles. The van der Waals surface area contributed by atoms with E-state index in [4.69, 9.17) is 4.74 Å². The van der Waals surface area contributed by atoms with Crippen LogP contribution in [0, 0.1) is 0 Å². The van der Waals surface area contributed by atoms with E-state index in [-0.39, 0.29) is 5.78 Å². The predicted octanol–water partition coefficient (Wildman–Crippen LogP) is 1.26. The lowest BCUT2D eigenvalue weighted by Gasteiger charge is -2.32. The molecular weight excluding hydrogens is 166 g/mol. The lowest BCUT2D eigenvalue weighted by molar-refractivity contribution is -0.110. The smallest absolute Gasteiger partial charge is 0.181 e. The number of aliphatic imine (C=N–C) groups is 1. The van der Waals surface area contributed by atoms with Crippen molar-refractivity contribution in [1.82, 2.24) is 0 Å². The fourth-order valence-corrected chi connectivity index (χ4v) is 1.54. The number of ether oxygens (including phenoxy) is 1. The molecule has 2 aliphatic rings. The van der Waals surface area contributed by atoms with Crippen molar-refractivity contribution in [2.75, 3.05) is 6.54 Å². The average molecular weight is 177 g/mol. The number of nitrogens with zero attached hydrogens (tertiary/aromatic N) is 1. The van der Waals surface area contributed by atoms with E-state index in [0.29, 0.717) is 5.90 Å². The Bertz CT molecular complexity index is 310. The van der Waals surface area contributed by atoms with Gasteiger partial charge in [-0.15, -0.1) is 0 Å². The third-order valence-electron chi connectivity index (χ3n) is 2.23. The quantitative estimate of drug-likeness (QED) is 0.558. The molecule has 0 N–H and O–H groups in total. The molecule has 1 heterocycles. The summed E-state index contributed by atoms with van der Waals surface area (Å²) in [6, 6.07) is 0. The molecule has 0 radical (unpaired) electrons. The van der Waals surface area contributed by atoms with Gasteiger partial charge in [0.15, 0.2) is 11.7 Å². The summed E-state index contributed by atoms with van der Waals surface area (Å²) in [5.41, 5.74) is -0.403. The van der Waals surface area contributed by atoms with E-state index >= 15 is 0 Å². The topological polar surface area (TPSA) is 38.7 Å². The van der Waals surface area contributed by atoms with E-state index < -0.39 is 5.60 Å². The zero-order valence-corrected chi connectivity index (χ0v) is 7.49. The molecule has 0 fully saturated rings. The van der Waals surface area contributed by atoms with Gasteiger partial charge in [-0.1, -0.05) is 0 Å². The third-order valence-corrected chi connectivity index (χ3v) is 2.23. The summed E-state index contributed by atoms with van der Waals surface area (Å²) in [5.74, 6) is 0.712. The molecule has 13 heavy (non-hydrogen) atoms. The Balaban J connectivity index is 2.24. The van der Waals surface area contributed by atoms with Crippen molar-refractivity contribution in [3.8, 4) is 0 Å². The minimum atomic E-state index is -0.403. The lowest BCUT2D eigenvalue weighted by Crippen LogP contribution is -2.36. The maximum Gasteiger partial charge on any atom is 0.181 e. The maximum absolute atomic E-state index is 10.9. The molecule has 0 bridgehead atoms. The number of hydrogen-bond donors (Lipinski definition) is 0. The predicted molar refractivity (Wildman–Crippen MR) is 49.7 cm³/mol. The van der Waals surface area contributed by atoms with Gasteiger partial charge in [0.05, 0.1) is 0 Å². The second-order valence-corrected chi connectivity index (χ2v) is 3.28. The number of ketones is 1. The Labute approximate surface area is 76.8 Å². The maximum atomic E-state index is 10.9. The molecule has 0 amide bonds.